The van der Waals surface area contributed by atoms with Gasteiger partial charge in [0.05, 0.1) is 11.7 Å². The monoisotopic (exact) mass is 303 g/mol. The highest BCUT2D eigenvalue weighted by atomic mass is 16.3. The number of pyridine rings is 1. The zero-order valence-electron chi connectivity index (χ0n) is 12.9. The SMILES string of the molecule is Cc1nnc2ccc(C(=O)N3CCN(C[C@H](C)O)CC3)cn12. The number of carbonyl (C=O) groups is 1. The lowest BCUT2D eigenvalue weighted by molar-refractivity contribution is 0.0553. The van der Waals surface area contributed by atoms with Crippen molar-refractivity contribution in [2.24, 2.45) is 0 Å². The van der Waals surface area contributed by atoms with Crippen LogP contribution in [0.15, 0.2) is 18.3 Å². The highest BCUT2D eigenvalue weighted by Crippen LogP contribution is 2.11. The van der Waals surface area contributed by atoms with Crippen molar-refractivity contribution in [3.05, 3.63) is 29.7 Å². The molecule has 118 valence electrons. The summed E-state index contributed by atoms with van der Waals surface area (Å²) in [6, 6.07) is 3.62. The largest absolute Gasteiger partial charge is 0.392 e. The third-order valence-corrected chi connectivity index (χ3v) is 4.00. The van der Waals surface area contributed by atoms with Crippen LogP contribution in [-0.2, 0) is 0 Å². The molecule has 0 bridgehead atoms. The van der Waals surface area contributed by atoms with Crippen molar-refractivity contribution in [1.29, 1.82) is 0 Å². The molecule has 1 aliphatic rings. The third kappa shape index (κ3) is 2.95. The van der Waals surface area contributed by atoms with Gasteiger partial charge in [-0.3, -0.25) is 14.1 Å². The molecule has 0 aliphatic carbocycles. The molecule has 2 aromatic heterocycles. The Labute approximate surface area is 129 Å². The van der Waals surface area contributed by atoms with Crippen LogP contribution < -0.4 is 0 Å². The van der Waals surface area contributed by atoms with E-state index in [0.717, 1.165) is 24.6 Å². The first-order chi connectivity index (χ1) is 10.5. The minimum atomic E-state index is -0.332. The van der Waals surface area contributed by atoms with E-state index in [1.54, 1.807) is 19.2 Å². The zero-order chi connectivity index (χ0) is 15.7. The van der Waals surface area contributed by atoms with E-state index in [4.69, 9.17) is 0 Å². The first-order valence-electron chi connectivity index (χ1n) is 7.55. The van der Waals surface area contributed by atoms with Crippen LogP contribution in [0.5, 0.6) is 0 Å². The van der Waals surface area contributed by atoms with Gasteiger partial charge in [-0.1, -0.05) is 0 Å². The molecular weight excluding hydrogens is 282 g/mol. The van der Waals surface area contributed by atoms with Gasteiger partial charge < -0.3 is 10.0 Å². The summed E-state index contributed by atoms with van der Waals surface area (Å²) in [6.07, 6.45) is 1.47. The summed E-state index contributed by atoms with van der Waals surface area (Å²) >= 11 is 0. The van der Waals surface area contributed by atoms with Gasteiger partial charge in [-0.25, -0.2) is 0 Å². The summed E-state index contributed by atoms with van der Waals surface area (Å²) in [4.78, 5) is 16.7. The van der Waals surface area contributed by atoms with Crippen LogP contribution in [0.2, 0.25) is 0 Å². The van der Waals surface area contributed by atoms with Gasteiger partial charge in [0, 0.05) is 38.9 Å². The molecule has 0 unspecified atom stereocenters. The predicted octanol–water partition coefficient (Wildman–Crippen LogP) is 0.176. The quantitative estimate of drug-likeness (QED) is 0.875. The molecule has 1 aliphatic heterocycles. The molecule has 1 N–H and O–H groups in total. The van der Waals surface area contributed by atoms with E-state index in [1.165, 1.54) is 0 Å². The van der Waals surface area contributed by atoms with E-state index < -0.39 is 0 Å². The van der Waals surface area contributed by atoms with E-state index in [-0.39, 0.29) is 12.0 Å². The molecule has 22 heavy (non-hydrogen) atoms. The molecule has 1 amide bonds. The van der Waals surface area contributed by atoms with Crippen LogP contribution in [0.4, 0.5) is 0 Å². The average molecular weight is 303 g/mol. The summed E-state index contributed by atoms with van der Waals surface area (Å²) in [7, 11) is 0. The average Bonchev–Trinajstić information content (AvgIpc) is 2.88. The number of aryl methyl sites for hydroxylation is 1. The molecule has 0 radical (unpaired) electrons. The second-order valence-corrected chi connectivity index (χ2v) is 5.84. The zero-order valence-corrected chi connectivity index (χ0v) is 12.9. The molecule has 3 heterocycles. The number of fused-ring (bicyclic) bond motifs is 1. The number of aromatic nitrogens is 3. The van der Waals surface area contributed by atoms with E-state index in [0.29, 0.717) is 25.2 Å². The topological polar surface area (TPSA) is 74.0 Å². The number of aliphatic hydroxyl groups is 1. The van der Waals surface area contributed by atoms with Crippen molar-refractivity contribution >= 4 is 11.6 Å². The number of β-amino-alcohol motifs (C(OH)–C–C–N with tert-alkyl or cyclic N) is 1. The number of aliphatic hydroxyl groups excluding tert-OH is 1. The summed E-state index contributed by atoms with van der Waals surface area (Å²) < 4.78 is 1.83. The van der Waals surface area contributed by atoms with Crippen molar-refractivity contribution in [3.63, 3.8) is 0 Å². The number of amides is 1. The van der Waals surface area contributed by atoms with Crippen LogP contribution in [0.25, 0.3) is 5.65 Å². The van der Waals surface area contributed by atoms with Crippen molar-refractivity contribution < 1.29 is 9.90 Å². The van der Waals surface area contributed by atoms with Crippen molar-refractivity contribution in [1.82, 2.24) is 24.4 Å². The van der Waals surface area contributed by atoms with Crippen LogP contribution in [0.3, 0.4) is 0 Å². The molecular formula is C15H21N5O2. The molecule has 3 rings (SSSR count). The fourth-order valence-corrected chi connectivity index (χ4v) is 2.82. The minimum Gasteiger partial charge on any atom is -0.392 e. The van der Waals surface area contributed by atoms with Crippen molar-refractivity contribution in [2.75, 3.05) is 32.7 Å². The Morgan fingerprint density at radius 1 is 1.27 bits per heavy atom. The predicted molar refractivity (Wildman–Crippen MR) is 81.7 cm³/mol. The van der Waals surface area contributed by atoms with E-state index in [9.17, 15) is 9.90 Å². The molecule has 0 aromatic carbocycles. The Kier molecular flexibility index (Phi) is 4.08. The maximum absolute atomic E-state index is 12.6. The number of piperazine rings is 1. The van der Waals surface area contributed by atoms with E-state index >= 15 is 0 Å². The minimum absolute atomic E-state index is 0.0340. The molecule has 1 saturated heterocycles. The summed E-state index contributed by atoms with van der Waals surface area (Å²) in [5, 5.41) is 17.5. The molecule has 1 fully saturated rings. The van der Waals surface area contributed by atoms with Crippen molar-refractivity contribution in [3.8, 4) is 0 Å². The van der Waals surface area contributed by atoms with E-state index in [1.807, 2.05) is 22.3 Å². The highest BCUT2D eigenvalue weighted by Gasteiger charge is 2.23. The number of carbonyl (C=O) groups excluding carboxylic acids is 1. The lowest BCUT2D eigenvalue weighted by Crippen LogP contribution is -2.50. The van der Waals surface area contributed by atoms with Gasteiger partial charge in [0.15, 0.2) is 5.65 Å². The fraction of sp³-hybridized carbons (Fsp3) is 0.533. The first kappa shape index (κ1) is 14.9. The molecule has 7 nitrogen and oxygen atoms in total. The van der Waals surface area contributed by atoms with Gasteiger partial charge in [0.25, 0.3) is 5.91 Å². The summed E-state index contributed by atoms with van der Waals surface area (Å²) in [5.41, 5.74) is 1.40. The highest BCUT2D eigenvalue weighted by molar-refractivity contribution is 5.94. The number of nitrogens with zero attached hydrogens (tertiary/aromatic N) is 5. The molecule has 7 heteroatoms. The van der Waals surface area contributed by atoms with Crippen LogP contribution >= 0.6 is 0 Å². The van der Waals surface area contributed by atoms with Crippen LogP contribution in [-0.4, -0.2) is 74.2 Å². The van der Waals surface area contributed by atoms with Gasteiger partial charge in [0.1, 0.15) is 5.82 Å². The first-order valence-corrected chi connectivity index (χ1v) is 7.55. The number of hydrogen-bond acceptors (Lipinski definition) is 5. The normalized spacial score (nSPS) is 17.9. The third-order valence-electron chi connectivity index (χ3n) is 4.00. The van der Waals surface area contributed by atoms with Gasteiger partial charge in [-0.05, 0) is 26.0 Å². The summed E-state index contributed by atoms with van der Waals surface area (Å²) in [5.74, 6) is 0.804. The van der Waals surface area contributed by atoms with Crippen LogP contribution in [0, 0.1) is 6.92 Å². The van der Waals surface area contributed by atoms with Crippen molar-refractivity contribution in [2.45, 2.75) is 20.0 Å². The second-order valence-electron chi connectivity index (χ2n) is 5.84. The Morgan fingerprint density at radius 3 is 2.68 bits per heavy atom. The Morgan fingerprint density at radius 2 is 2.00 bits per heavy atom. The lowest BCUT2D eigenvalue weighted by Gasteiger charge is -2.35. The Hall–Kier alpha value is -1.99. The molecule has 0 saturated carbocycles. The van der Waals surface area contributed by atoms with E-state index in [2.05, 4.69) is 15.1 Å². The fourth-order valence-electron chi connectivity index (χ4n) is 2.82. The Bertz CT molecular complexity index is 674. The van der Waals surface area contributed by atoms with Gasteiger partial charge in [-0.15, -0.1) is 10.2 Å². The Balaban J connectivity index is 1.69. The smallest absolute Gasteiger partial charge is 0.255 e. The standard InChI is InChI=1S/C15H21N5O2/c1-11(21)9-18-5-7-19(8-6-18)15(22)13-3-4-14-17-16-12(2)20(14)10-13/h3-4,10-11,21H,5-9H2,1-2H3/t11-/m0/s1. The maximum atomic E-state index is 12.6. The molecule has 1 atom stereocenters. The second kappa shape index (κ2) is 6.02. The molecule has 0 spiro atoms. The van der Waals surface area contributed by atoms with Gasteiger partial charge in [0.2, 0.25) is 0 Å². The molecule has 2 aromatic rings. The number of rotatable bonds is 3. The number of hydrogen-bond donors (Lipinski definition) is 1. The van der Waals surface area contributed by atoms with Gasteiger partial charge in [-0.2, -0.15) is 0 Å². The van der Waals surface area contributed by atoms with Crippen LogP contribution in [0.1, 0.15) is 23.1 Å². The van der Waals surface area contributed by atoms with Gasteiger partial charge >= 0.3 is 0 Å². The summed E-state index contributed by atoms with van der Waals surface area (Å²) in [6.45, 7) is 7.27. The maximum Gasteiger partial charge on any atom is 0.255 e. The lowest BCUT2D eigenvalue weighted by atomic mass is 10.2.